The zero-order chi connectivity index (χ0) is 6.41. The average molecular weight is 111 g/mol. The molecule has 0 N–H and O–H groups in total. The summed E-state index contributed by atoms with van der Waals surface area (Å²) < 4.78 is 0. The van der Waals surface area contributed by atoms with E-state index in [0.717, 1.165) is 6.42 Å². The Bertz CT molecular complexity index is 84.4. The van der Waals surface area contributed by atoms with Crippen molar-refractivity contribution < 1.29 is 0 Å². The Labute approximate surface area is 51.1 Å². The Balaban J connectivity index is 3.31. The first-order valence-corrected chi connectivity index (χ1v) is 2.84. The lowest BCUT2D eigenvalue weighted by Crippen LogP contribution is -1.91. The minimum atomic E-state index is 0.553. The smallest absolute Gasteiger partial charge is 0.0273 e. The molecule has 0 aromatic heterocycles. The van der Waals surface area contributed by atoms with Gasteiger partial charge in [0.25, 0.3) is 0 Å². The van der Waals surface area contributed by atoms with Crippen LogP contribution in [-0.4, -0.2) is 13.3 Å². The van der Waals surface area contributed by atoms with Gasteiger partial charge in [-0.2, -0.15) is 0 Å². The molecule has 0 saturated heterocycles. The molecular formula is C7H13N. The van der Waals surface area contributed by atoms with Crippen molar-refractivity contribution >= 4 is 6.21 Å². The van der Waals surface area contributed by atoms with Gasteiger partial charge in [-0.1, -0.05) is 13.0 Å². The molecule has 0 aromatic carbocycles. The first-order valence-electron chi connectivity index (χ1n) is 2.84. The van der Waals surface area contributed by atoms with E-state index < -0.39 is 0 Å². The van der Waals surface area contributed by atoms with E-state index in [0.29, 0.717) is 5.92 Å². The van der Waals surface area contributed by atoms with Crippen LogP contribution in [0.25, 0.3) is 0 Å². The normalized spacial score (nSPS) is 14.2. The van der Waals surface area contributed by atoms with Gasteiger partial charge in [-0.25, -0.2) is 0 Å². The Morgan fingerprint density at radius 2 is 2.38 bits per heavy atom. The maximum atomic E-state index is 3.88. The highest BCUT2D eigenvalue weighted by molar-refractivity contribution is 5.60. The molecule has 0 radical (unpaired) electrons. The van der Waals surface area contributed by atoms with Crippen molar-refractivity contribution in [3.8, 4) is 0 Å². The molecule has 0 aliphatic rings. The zero-order valence-corrected chi connectivity index (χ0v) is 5.59. The van der Waals surface area contributed by atoms with Crippen LogP contribution in [0, 0.1) is 5.92 Å². The SMILES string of the molecule is C=CCC(C)/C=N\C. The first-order chi connectivity index (χ1) is 3.81. The van der Waals surface area contributed by atoms with Crippen molar-refractivity contribution in [2.45, 2.75) is 13.3 Å². The van der Waals surface area contributed by atoms with Crippen molar-refractivity contribution in [1.29, 1.82) is 0 Å². The Kier molecular flexibility index (Phi) is 4.23. The molecule has 46 valence electrons. The maximum absolute atomic E-state index is 3.88. The topological polar surface area (TPSA) is 12.4 Å². The van der Waals surface area contributed by atoms with Crippen LogP contribution in [-0.2, 0) is 0 Å². The van der Waals surface area contributed by atoms with Crippen LogP contribution in [0.3, 0.4) is 0 Å². The highest BCUT2D eigenvalue weighted by Gasteiger charge is 1.89. The molecule has 8 heavy (non-hydrogen) atoms. The van der Waals surface area contributed by atoms with Crippen LogP contribution in [0.15, 0.2) is 17.6 Å². The van der Waals surface area contributed by atoms with Gasteiger partial charge < -0.3 is 4.99 Å². The molecule has 1 nitrogen and oxygen atoms in total. The lowest BCUT2D eigenvalue weighted by atomic mass is 10.1. The largest absolute Gasteiger partial charge is 0.301 e. The third-order valence-electron chi connectivity index (χ3n) is 0.942. The fraction of sp³-hybridized carbons (Fsp3) is 0.571. The molecule has 0 rings (SSSR count). The van der Waals surface area contributed by atoms with Crippen molar-refractivity contribution in [2.24, 2.45) is 10.9 Å². The fourth-order valence-electron chi connectivity index (χ4n) is 0.578. The van der Waals surface area contributed by atoms with Crippen LogP contribution < -0.4 is 0 Å². The third-order valence-corrected chi connectivity index (χ3v) is 0.942. The van der Waals surface area contributed by atoms with Gasteiger partial charge in [0.2, 0.25) is 0 Å². The van der Waals surface area contributed by atoms with Gasteiger partial charge in [0.1, 0.15) is 0 Å². The average Bonchev–Trinajstić information content (AvgIpc) is 1.68. The molecule has 1 unspecified atom stereocenters. The van der Waals surface area contributed by atoms with Crippen LogP contribution in [0.4, 0.5) is 0 Å². The van der Waals surface area contributed by atoms with Crippen molar-refractivity contribution in [2.75, 3.05) is 7.05 Å². The zero-order valence-electron chi connectivity index (χ0n) is 5.59. The van der Waals surface area contributed by atoms with Crippen LogP contribution in [0.5, 0.6) is 0 Å². The van der Waals surface area contributed by atoms with E-state index in [1.54, 1.807) is 7.05 Å². The maximum Gasteiger partial charge on any atom is 0.0273 e. The lowest BCUT2D eigenvalue weighted by Gasteiger charge is -1.96. The third kappa shape index (κ3) is 3.59. The number of allylic oxidation sites excluding steroid dienone is 1. The van der Waals surface area contributed by atoms with Gasteiger partial charge in [0, 0.05) is 13.3 Å². The second-order valence-electron chi connectivity index (χ2n) is 1.91. The van der Waals surface area contributed by atoms with E-state index in [1.165, 1.54) is 0 Å². The second-order valence-corrected chi connectivity index (χ2v) is 1.91. The molecule has 1 atom stereocenters. The minimum absolute atomic E-state index is 0.553. The predicted octanol–water partition coefficient (Wildman–Crippen LogP) is 1.90. The molecule has 0 saturated carbocycles. The van der Waals surface area contributed by atoms with Gasteiger partial charge in [-0.3, -0.25) is 0 Å². The Morgan fingerprint density at radius 1 is 1.75 bits per heavy atom. The molecule has 0 heterocycles. The van der Waals surface area contributed by atoms with Crippen molar-refractivity contribution in [1.82, 2.24) is 0 Å². The molecule has 0 aromatic rings. The van der Waals surface area contributed by atoms with Gasteiger partial charge >= 0.3 is 0 Å². The second kappa shape index (κ2) is 4.57. The quantitative estimate of drug-likeness (QED) is 0.389. The number of rotatable bonds is 3. The van der Waals surface area contributed by atoms with Crippen molar-refractivity contribution in [3.63, 3.8) is 0 Å². The summed E-state index contributed by atoms with van der Waals surface area (Å²) >= 11 is 0. The highest BCUT2D eigenvalue weighted by Crippen LogP contribution is 1.96. The van der Waals surface area contributed by atoms with Gasteiger partial charge in [-0.15, -0.1) is 6.58 Å². The molecule has 0 fully saturated rings. The summed E-state index contributed by atoms with van der Waals surface area (Å²) in [5, 5.41) is 0. The Hall–Kier alpha value is -0.590. The van der Waals surface area contributed by atoms with Crippen LogP contribution in [0.2, 0.25) is 0 Å². The monoisotopic (exact) mass is 111 g/mol. The van der Waals surface area contributed by atoms with Crippen LogP contribution in [0.1, 0.15) is 13.3 Å². The van der Waals surface area contributed by atoms with Gasteiger partial charge in [0.15, 0.2) is 0 Å². The summed E-state index contributed by atoms with van der Waals surface area (Å²) in [6.45, 7) is 5.74. The number of hydrogen-bond acceptors (Lipinski definition) is 1. The summed E-state index contributed by atoms with van der Waals surface area (Å²) in [5.74, 6) is 0.553. The standard InChI is InChI=1S/C7H13N/c1-4-5-7(2)6-8-3/h4,6-7H,1,5H2,2-3H3/b8-6-. The number of nitrogens with zero attached hydrogens (tertiary/aromatic N) is 1. The van der Waals surface area contributed by atoms with Crippen LogP contribution >= 0.6 is 0 Å². The molecule has 1 heteroatoms. The fourth-order valence-corrected chi connectivity index (χ4v) is 0.578. The summed E-state index contributed by atoms with van der Waals surface area (Å²) in [6.07, 6.45) is 4.87. The summed E-state index contributed by atoms with van der Waals surface area (Å²) in [7, 11) is 1.79. The number of hydrogen-bond donors (Lipinski definition) is 0. The molecule has 0 aliphatic heterocycles. The van der Waals surface area contributed by atoms with Gasteiger partial charge in [-0.05, 0) is 12.3 Å². The minimum Gasteiger partial charge on any atom is -0.301 e. The summed E-state index contributed by atoms with van der Waals surface area (Å²) in [4.78, 5) is 3.88. The van der Waals surface area contributed by atoms with E-state index in [9.17, 15) is 0 Å². The van der Waals surface area contributed by atoms with Gasteiger partial charge in [0.05, 0.1) is 0 Å². The van der Waals surface area contributed by atoms with E-state index in [2.05, 4.69) is 18.5 Å². The first kappa shape index (κ1) is 7.41. The summed E-state index contributed by atoms with van der Waals surface area (Å²) in [6, 6.07) is 0. The van der Waals surface area contributed by atoms with Crippen molar-refractivity contribution in [3.05, 3.63) is 12.7 Å². The van der Waals surface area contributed by atoms with E-state index in [1.807, 2.05) is 12.3 Å². The molecule has 0 bridgehead atoms. The Morgan fingerprint density at radius 3 is 2.75 bits per heavy atom. The summed E-state index contributed by atoms with van der Waals surface area (Å²) in [5.41, 5.74) is 0. The van der Waals surface area contributed by atoms with E-state index >= 15 is 0 Å². The number of aliphatic imine (C=N–C) groups is 1. The predicted molar refractivity (Wildman–Crippen MR) is 38.4 cm³/mol. The molecule has 0 spiro atoms. The molecule has 0 aliphatic carbocycles. The lowest BCUT2D eigenvalue weighted by molar-refractivity contribution is 0.808. The van der Waals surface area contributed by atoms with E-state index in [-0.39, 0.29) is 0 Å². The van der Waals surface area contributed by atoms with E-state index in [4.69, 9.17) is 0 Å². The molecule has 0 amide bonds. The highest BCUT2D eigenvalue weighted by atomic mass is 14.6. The molecular weight excluding hydrogens is 98.1 g/mol.